The van der Waals surface area contributed by atoms with Gasteiger partial charge in [0.1, 0.15) is 5.69 Å². The van der Waals surface area contributed by atoms with E-state index in [9.17, 15) is 27.6 Å². The van der Waals surface area contributed by atoms with Gasteiger partial charge in [-0.25, -0.2) is 0 Å². The van der Waals surface area contributed by atoms with E-state index in [-0.39, 0.29) is 54.2 Å². The van der Waals surface area contributed by atoms with E-state index in [2.05, 4.69) is 4.98 Å². The molecule has 0 saturated carbocycles. The van der Waals surface area contributed by atoms with E-state index in [1.165, 1.54) is 28.1 Å². The predicted octanol–water partition coefficient (Wildman–Crippen LogP) is 2.38. The van der Waals surface area contributed by atoms with Crippen molar-refractivity contribution >= 4 is 11.8 Å². The van der Waals surface area contributed by atoms with Crippen molar-refractivity contribution in [1.82, 2.24) is 14.8 Å². The number of benzene rings is 1. The minimum absolute atomic E-state index is 0.159. The molecule has 1 N–H and O–H groups in total. The Morgan fingerprint density at radius 1 is 1.07 bits per heavy atom. The van der Waals surface area contributed by atoms with Crippen LogP contribution in [0.1, 0.15) is 33.3 Å². The molecule has 1 atom stereocenters. The van der Waals surface area contributed by atoms with Crippen LogP contribution >= 0.6 is 0 Å². The zero-order valence-electron chi connectivity index (χ0n) is 15.0. The van der Waals surface area contributed by atoms with Crippen molar-refractivity contribution in [1.29, 1.82) is 0 Å². The Bertz CT molecular complexity index is 938. The molecule has 0 bridgehead atoms. The molecule has 2 aromatic rings. The van der Waals surface area contributed by atoms with E-state index in [1.807, 2.05) is 0 Å². The molecule has 0 aliphatic carbocycles. The molecule has 1 aromatic heterocycles. The van der Waals surface area contributed by atoms with Gasteiger partial charge >= 0.3 is 6.18 Å². The number of aromatic amines is 1. The molecule has 3 rings (SSSR count). The van der Waals surface area contributed by atoms with Crippen LogP contribution in [-0.2, 0) is 6.18 Å². The Morgan fingerprint density at radius 3 is 2.32 bits per heavy atom. The average molecular weight is 393 g/mol. The molecule has 2 amide bonds. The average Bonchev–Trinajstić information content (AvgIpc) is 2.66. The Morgan fingerprint density at radius 2 is 1.75 bits per heavy atom. The number of aromatic nitrogens is 1. The first-order valence-electron chi connectivity index (χ1n) is 8.63. The van der Waals surface area contributed by atoms with Crippen LogP contribution in [0.5, 0.6) is 0 Å². The highest BCUT2D eigenvalue weighted by molar-refractivity contribution is 5.95. The first-order valence-corrected chi connectivity index (χ1v) is 8.63. The Kier molecular flexibility index (Phi) is 5.26. The molecular formula is C19H18F3N3O3. The maximum Gasteiger partial charge on any atom is 0.416 e. The first kappa shape index (κ1) is 19.7. The summed E-state index contributed by atoms with van der Waals surface area (Å²) in [7, 11) is 0. The highest BCUT2D eigenvalue weighted by atomic mass is 19.4. The van der Waals surface area contributed by atoms with Gasteiger partial charge in [-0.1, -0.05) is 0 Å². The summed E-state index contributed by atoms with van der Waals surface area (Å²) in [6.45, 7) is 2.51. The Balaban J connectivity index is 1.69. The number of rotatable bonds is 2. The van der Waals surface area contributed by atoms with Gasteiger partial charge in [0, 0.05) is 49.6 Å². The van der Waals surface area contributed by atoms with Crippen LogP contribution in [0.15, 0.2) is 47.4 Å². The zero-order valence-corrected chi connectivity index (χ0v) is 15.0. The highest BCUT2D eigenvalue weighted by Gasteiger charge is 2.33. The summed E-state index contributed by atoms with van der Waals surface area (Å²) in [4.78, 5) is 42.4. The van der Waals surface area contributed by atoms with Crippen molar-refractivity contribution in [2.24, 2.45) is 0 Å². The van der Waals surface area contributed by atoms with Gasteiger partial charge in [-0.15, -0.1) is 0 Å². The Hall–Kier alpha value is -3.10. The van der Waals surface area contributed by atoms with Crippen LogP contribution in [0.3, 0.4) is 0 Å². The van der Waals surface area contributed by atoms with E-state index >= 15 is 0 Å². The van der Waals surface area contributed by atoms with Gasteiger partial charge in [0.05, 0.1) is 5.56 Å². The molecule has 0 unspecified atom stereocenters. The number of carbonyl (C=O) groups excluding carboxylic acids is 2. The third-order valence-electron chi connectivity index (χ3n) is 4.64. The minimum atomic E-state index is -4.46. The molecule has 1 saturated heterocycles. The monoisotopic (exact) mass is 393 g/mol. The molecule has 9 heteroatoms. The van der Waals surface area contributed by atoms with Gasteiger partial charge < -0.3 is 14.8 Å². The van der Waals surface area contributed by atoms with Crippen LogP contribution in [0.2, 0.25) is 0 Å². The highest BCUT2D eigenvalue weighted by Crippen LogP contribution is 2.29. The van der Waals surface area contributed by atoms with Crippen LogP contribution in [0, 0.1) is 0 Å². The van der Waals surface area contributed by atoms with Crippen LogP contribution < -0.4 is 5.43 Å². The van der Waals surface area contributed by atoms with Crippen LogP contribution in [0.4, 0.5) is 13.2 Å². The van der Waals surface area contributed by atoms with E-state index in [4.69, 9.17) is 0 Å². The largest absolute Gasteiger partial charge is 0.416 e. The molecule has 1 aliphatic rings. The number of piperazine rings is 1. The number of amides is 2. The van der Waals surface area contributed by atoms with Crippen LogP contribution in [-0.4, -0.2) is 52.3 Å². The van der Waals surface area contributed by atoms with Gasteiger partial charge in [0.15, 0.2) is 5.43 Å². The zero-order chi connectivity index (χ0) is 20.5. The van der Waals surface area contributed by atoms with E-state index in [0.29, 0.717) is 0 Å². The number of pyridine rings is 1. The number of nitrogens with zero attached hydrogens (tertiary/aromatic N) is 2. The normalized spacial score (nSPS) is 17.5. The molecule has 1 aliphatic heterocycles. The number of carbonyl (C=O) groups is 2. The third-order valence-corrected chi connectivity index (χ3v) is 4.64. The van der Waals surface area contributed by atoms with Crippen LogP contribution in [0.25, 0.3) is 0 Å². The number of H-pyrrole nitrogens is 1. The topological polar surface area (TPSA) is 73.5 Å². The smallest absolute Gasteiger partial charge is 0.357 e. The molecule has 0 spiro atoms. The van der Waals surface area contributed by atoms with E-state index in [1.54, 1.807) is 6.92 Å². The number of halogens is 3. The second kappa shape index (κ2) is 7.49. The van der Waals surface area contributed by atoms with Crippen molar-refractivity contribution in [2.75, 3.05) is 19.6 Å². The van der Waals surface area contributed by atoms with Crippen molar-refractivity contribution < 1.29 is 22.8 Å². The van der Waals surface area contributed by atoms with Gasteiger partial charge in [-0.2, -0.15) is 13.2 Å². The lowest BCUT2D eigenvalue weighted by atomic mass is 10.1. The number of alkyl halides is 3. The van der Waals surface area contributed by atoms with Gasteiger partial charge in [0.25, 0.3) is 11.8 Å². The predicted molar refractivity (Wildman–Crippen MR) is 94.9 cm³/mol. The van der Waals surface area contributed by atoms with E-state index in [0.717, 1.165) is 24.3 Å². The summed E-state index contributed by atoms with van der Waals surface area (Å²) in [5.41, 5.74) is -0.773. The molecule has 2 heterocycles. The maximum atomic E-state index is 12.7. The van der Waals surface area contributed by atoms with Gasteiger partial charge in [0.2, 0.25) is 0 Å². The summed E-state index contributed by atoms with van der Waals surface area (Å²) in [6.07, 6.45) is -3.07. The molecule has 1 aromatic carbocycles. The molecule has 1 fully saturated rings. The lowest BCUT2D eigenvalue weighted by Gasteiger charge is -2.39. The fourth-order valence-electron chi connectivity index (χ4n) is 3.15. The van der Waals surface area contributed by atoms with E-state index < -0.39 is 11.7 Å². The Labute approximate surface area is 158 Å². The molecule has 148 valence electrons. The summed E-state index contributed by atoms with van der Waals surface area (Å²) in [5.74, 6) is -0.729. The maximum absolute atomic E-state index is 12.7. The first-order chi connectivity index (χ1) is 13.2. The standard InChI is InChI=1S/C19H18F3N3O3/c1-12-11-24(18(28)16-10-15(26)6-7-23-16)8-9-25(12)17(27)13-2-4-14(5-3-13)19(20,21)22/h2-7,10,12H,8-9,11H2,1H3,(H,23,26)/t12-/m0/s1. The molecular weight excluding hydrogens is 375 g/mol. The lowest BCUT2D eigenvalue weighted by Crippen LogP contribution is -2.55. The quantitative estimate of drug-likeness (QED) is 0.852. The second-order valence-corrected chi connectivity index (χ2v) is 6.61. The minimum Gasteiger partial charge on any atom is -0.357 e. The second-order valence-electron chi connectivity index (χ2n) is 6.61. The van der Waals surface area contributed by atoms with Crippen molar-refractivity contribution in [2.45, 2.75) is 19.1 Å². The molecule has 0 radical (unpaired) electrons. The van der Waals surface area contributed by atoms with Crippen molar-refractivity contribution in [3.05, 3.63) is 69.6 Å². The van der Waals surface area contributed by atoms with Crippen molar-refractivity contribution in [3.63, 3.8) is 0 Å². The number of hydrogen-bond donors (Lipinski definition) is 1. The van der Waals surface area contributed by atoms with Crippen molar-refractivity contribution in [3.8, 4) is 0 Å². The number of hydrogen-bond acceptors (Lipinski definition) is 3. The van der Waals surface area contributed by atoms with Gasteiger partial charge in [-0.05, 0) is 31.2 Å². The summed E-state index contributed by atoms with van der Waals surface area (Å²) in [6, 6.07) is 6.26. The summed E-state index contributed by atoms with van der Waals surface area (Å²) in [5, 5.41) is 0. The lowest BCUT2D eigenvalue weighted by molar-refractivity contribution is -0.137. The number of nitrogens with one attached hydrogen (secondary N) is 1. The summed E-state index contributed by atoms with van der Waals surface area (Å²) >= 11 is 0. The summed E-state index contributed by atoms with van der Waals surface area (Å²) < 4.78 is 38.0. The molecule has 28 heavy (non-hydrogen) atoms. The SMILES string of the molecule is C[C@H]1CN(C(=O)c2cc(=O)cc[nH]2)CCN1C(=O)c1ccc(C(F)(F)F)cc1. The molecule has 6 nitrogen and oxygen atoms in total. The third kappa shape index (κ3) is 4.08. The van der Waals surface area contributed by atoms with Gasteiger partial charge in [-0.3, -0.25) is 14.4 Å². The fourth-order valence-corrected chi connectivity index (χ4v) is 3.15. The fraction of sp³-hybridized carbons (Fsp3) is 0.316.